The number of carbonyl (C=O) groups is 2. The number of anilines is 1. The zero-order valence-corrected chi connectivity index (χ0v) is 13.2. The summed E-state index contributed by atoms with van der Waals surface area (Å²) in [7, 11) is 0. The van der Waals surface area contributed by atoms with Crippen LogP contribution in [0.25, 0.3) is 0 Å². The minimum atomic E-state index is -0.250. The standard InChI is InChI=1S/C19H17N3O2/c20-13-14-3-9-17(10-4-14)21-18(23)15-5-7-16(8-6-15)19(24)22-11-1-2-12-22/h3-10H,1-2,11-12H2,(H,21,23). The number of likely N-dealkylation sites (tertiary alicyclic amines) is 1. The van der Waals surface area contributed by atoms with E-state index in [2.05, 4.69) is 5.32 Å². The number of nitriles is 1. The van der Waals surface area contributed by atoms with E-state index in [9.17, 15) is 9.59 Å². The van der Waals surface area contributed by atoms with Crippen LogP contribution in [0.15, 0.2) is 48.5 Å². The second-order valence-corrected chi connectivity index (χ2v) is 5.72. The summed E-state index contributed by atoms with van der Waals surface area (Å²) < 4.78 is 0. The van der Waals surface area contributed by atoms with Crippen LogP contribution in [0.5, 0.6) is 0 Å². The number of nitrogens with one attached hydrogen (secondary N) is 1. The highest BCUT2D eigenvalue weighted by Crippen LogP contribution is 2.15. The van der Waals surface area contributed by atoms with Crippen molar-refractivity contribution in [1.82, 2.24) is 4.90 Å². The highest BCUT2D eigenvalue weighted by atomic mass is 16.2. The molecule has 5 heteroatoms. The van der Waals surface area contributed by atoms with E-state index in [4.69, 9.17) is 5.26 Å². The molecule has 0 bridgehead atoms. The molecule has 0 aromatic heterocycles. The molecule has 1 heterocycles. The van der Waals surface area contributed by atoms with Gasteiger partial charge in [0.1, 0.15) is 0 Å². The lowest BCUT2D eigenvalue weighted by Crippen LogP contribution is -2.27. The van der Waals surface area contributed by atoms with Crippen molar-refractivity contribution in [3.8, 4) is 6.07 Å². The smallest absolute Gasteiger partial charge is 0.255 e. The van der Waals surface area contributed by atoms with Gasteiger partial charge in [-0.2, -0.15) is 5.26 Å². The fourth-order valence-corrected chi connectivity index (χ4v) is 2.70. The minimum Gasteiger partial charge on any atom is -0.339 e. The fourth-order valence-electron chi connectivity index (χ4n) is 2.70. The third kappa shape index (κ3) is 3.44. The first-order valence-electron chi connectivity index (χ1n) is 7.88. The van der Waals surface area contributed by atoms with E-state index in [1.807, 2.05) is 11.0 Å². The van der Waals surface area contributed by atoms with Crippen LogP contribution in [0, 0.1) is 11.3 Å². The van der Waals surface area contributed by atoms with Crippen LogP contribution < -0.4 is 5.32 Å². The molecule has 1 saturated heterocycles. The first-order chi connectivity index (χ1) is 11.7. The maximum Gasteiger partial charge on any atom is 0.255 e. The predicted molar refractivity (Wildman–Crippen MR) is 90.7 cm³/mol. The van der Waals surface area contributed by atoms with Gasteiger partial charge in [-0.05, 0) is 61.4 Å². The predicted octanol–water partition coefficient (Wildman–Crippen LogP) is 3.05. The van der Waals surface area contributed by atoms with E-state index < -0.39 is 0 Å². The van der Waals surface area contributed by atoms with Crippen LogP contribution in [-0.2, 0) is 0 Å². The van der Waals surface area contributed by atoms with Crippen LogP contribution >= 0.6 is 0 Å². The molecule has 5 nitrogen and oxygen atoms in total. The maximum atomic E-state index is 12.3. The molecule has 120 valence electrons. The van der Waals surface area contributed by atoms with Crippen molar-refractivity contribution in [2.75, 3.05) is 18.4 Å². The van der Waals surface area contributed by atoms with Crippen molar-refractivity contribution in [2.45, 2.75) is 12.8 Å². The zero-order chi connectivity index (χ0) is 16.9. The molecule has 0 unspecified atom stereocenters. The quantitative estimate of drug-likeness (QED) is 0.945. The average Bonchev–Trinajstić information content (AvgIpc) is 3.16. The lowest BCUT2D eigenvalue weighted by Gasteiger charge is -2.15. The van der Waals surface area contributed by atoms with Crippen LogP contribution in [0.4, 0.5) is 5.69 Å². The summed E-state index contributed by atoms with van der Waals surface area (Å²) in [6, 6.07) is 15.4. The van der Waals surface area contributed by atoms with Crippen molar-refractivity contribution >= 4 is 17.5 Å². The Morgan fingerprint density at radius 1 is 0.917 bits per heavy atom. The van der Waals surface area contributed by atoms with E-state index in [1.54, 1.807) is 48.5 Å². The van der Waals surface area contributed by atoms with Gasteiger partial charge in [-0.3, -0.25) is 9.59 Å². The molecule has 0 spiro atoms. The van der Waals surface area contributed by atoms with Crippen molar-refractivity contribution < 1.29 is 9.59 Å². The Balaban J connectivity index is 1.67. The van der Waals surface area contributed by atoms with Gasteiger partial charge in [0.25, 0.3) is 11.8 Å². The fraction of sp³-hybridized carbons (Fsp3) is 0.211. The van der Waals surface area contributed by atoms with Gasteiger partial charge >= 0.3 is 0 Å². The van der Waals surface area contributed by atoms with Gasteiger partial charge in [-0.25, -0.2) is 0 Å². The third-order valence-electron chi connectivity index (χ3n) is 4.06. The molecule has 1 aliphatic heterocycles. The first-order valence-corrected chi connectivity index (χ1v) is 7.88. The number of rotatable bonds is 3. The first kappa shape index (κ1) is 15.8. The Morgan fingerprint density at radius 2 is 1.50 bits per heavy atom. The van der Waals surface area contributed by atoms with E-state index in [0.717, 1.165) is 25.9 Å². The van der Waals surface area contributed by atoms with Crippen LogP contribution in [0.2, 0.25) is 0 Å². The van der Waals surface area contributed by atoms with Crippen LogP contribution in [-0.4, -0.2) is 29.8 Å². The molecular formula is C19H17N3O2. The van der Waals surface area contributed by atoms with E-state index in [0.29, 0.717) is 22.4 Å². The summed E-state index contributed by atoms with van der Waals surface area (Å²) in [6.07, 6.45) is 2.10. The number of carbonyl (C=O) groups excluding carboxylic acids is 2. The summed E-state index contributed by atoms with van der Waals surface area (Å²) >= 11 is 0. The lowest BCUT2D eigenvalue weighted by molar-refractivity contribution is 0.0792. The molecule has 1 N–H and O–H groups in total. The lowest BCUT2D eigenvalue weighted by atomic mass is 10.1. The highest BCUT2D eigenvalue weighted by Gasteiger charge is 2.19. The summed E-state index contributed by atoms with van der Waals surface area (Å²) in [5.41, 5.74) is 2.25. The van der Waals surface area contributed by atoms with E-state index >= 15 is 0 Å². The summed E-state index contributed by atoms with van der Waals surface area (Å²) in [6.45, 7) is 1.61. The summed E-state index contributed by atoms with van der Waals surface area (Å²) in [5, 5.41) is 11.5. The molecule has 3 rings (SSSR count). The third-order valence-corrected chi connectivity index (χ3v) is 4.06. The SMILES string of the molecule is N#Cc1ccc(NC(=O)c2ccc(C(=O)N3CCCC3)cc2)cc1. The largest absolute Gasteiger partial charge is 0.339 e. The van der Waals surface area contributed by atoms with Crippen molar-refractivity contribution in [3.63, 3.8) is 0 Å². The summed E-state index contributed by atoms with van der Waals surface area (Å²) in [4.78, 5) is 26.4. The molecule has 2 aromatic rings. The van der Waals surface area contributed by atoms with Gasteiger partial charge in [0.2, 0.25) is 0 Å². The second kappa shape index (κ2) is 6.97. The van der Waals surface area contributed by atoms with Gasteiger partial charge in [0, 0.05) is 29.9 Å². The van der Waals surface area contributed by atoms with E-state index in [1.165, 1.54) is 0 Å². The van der Waals surface area contributed by atoms with E-state index in [-0.39, 0.29) is 11.8 Å². The Hall–Kier alpha value is -3.13. The van der Waals surface area contributed by atoms with Gasteiger partial charge in [0.05, 0.1) is 11.6 Å². The topological polar surface area (TPSA) is 73.2 Å². The van der Waals surface area contributed by atoms with Crippen molar-refractivity contribution in [1.29, 1.82) is 5.26 Å². The van der Waals surface area contributed by atoms with Crippen molar-refractivity contribution in [2.24, 2.45) is 0 Å². The molecule has 0 saturated carbocycles. The second-order valence-electron chi connectivity index (χ2n) is 5.72. The number of hydrogen-bond acceptors (Lipinski definition) is 3. The van der Waals surface area contributed by atoms with Crippen LogP contribution in [0.1, 0.15) is 39.1 Å². The highest BCUT2D eigenvalue weighted by molar-refractivity contribution is 6.05. The van der Waals surface area contributed by atoms with Gasteiger partial charge in [-0.15, -0.1) is 0 Å². The number of nitrogens with zero attached hydrogens (tertiary/aromatic N) is 2. The van der Waals surface area contributed by atoms with Crippen molar-refractivity contribution in [3.05, 3.63) is 65.2 Å². The Kier molecular flexibility index (Phi) is 4.57. The van der Waals surface area contributed by atoms with Gasteiger partial charge in [-0.1, -0.05) is 0 Å². The zero-order valence-electron chi connectivity index (χ0n) is 13.2. The Morgan fingerprint density at radius 3 is 2.08 bits per heavy atom. The molecule has 1 fully saturated rings. The molecule has 0 aliphatic carbocycles. The molecular weight excluding hydrogens is 302 g/mol. The Labute approximate surface area is 140 Å². The molecule has 0 atom stereocenters. The monoisotopic (exact) mass is 319 g/mol. The molecule has 24 heavy (non-hydrogen) atoms. The summed E-state index contributed by atoms with van der Waals surface area (Å²) in [5.74, 6) is -0.230. The molecule has 2 amide bonds. The number of amides is 2. The minimum absolute atomic E-state index is 0.0200. The van der Waals surface area contributed by atoms with Crippen LogP contribution in [0.3, 0.4) is 0 Å². The molecule has 0 radical (unpaired) electrons. The molecule has 2 aromatic carbocycles. The van der Waals surface area contributed by atoms with Gasteiger partial charge in [0.15, 0.2) is 0 Å². The van der Waals surface area contributed by atoms with Gasteiger partial charge < -0.3 is 10.2 Å². The normalized spacial score (nSPS) is 13.4. The number of hydrogen-bond donors (Lipinski definition) is 1. The maximum absolute atomic E-state index is 12.3. The molecule has 1 aliphatic rings. The number of benzene rings is 2. The average molecular weight is 319 g/mol. The Bertz CT molecular complexity index is 783.